The molecule has 102 valence electrons. The van der Waals surface area contributed by atoms with E-state index in [0.717, 1.165) is 19.6 Å². The summed E-state index contributed by atoms with van der Waals surface area (Å²) in [4.78, 5) is 2.61. The Balaban J connectivity index is 2.02. The van der Waals surface area contributed by atoms with E-state index in [1.54, 1.807) is 0 Å². The van der Waals surface area contributed by atoms with E-state index in [9.17, 15) is 0 Å². The number of aromatic nitrogens is 2. The Morgan fingerprint density at radius 3 is 2.83 bits per heavy atom. The molecule has 1 aliphatic rings. The molecule has 4 heteroatoms. The smallest absolute Gasteiger partial charge is 0.0534 e. The van der Waals surface area contributed by atoms with E-state index in [1.807, 2.05) is 17.9 Å². The number of piperazine rings is 1. The third kappa shape index (κ3) is 3.12. The Bertz CT molecular complexity index is 372. The Morgan fingerprint density at radius 1 is 1.50 bits per heavy atom. The van der Waals surface area contributed by atoms with E-state index in [-0.39, 0.29) is 0 Å². The SMILES string of the molecule is CCC1CNC(C(C)C)CN1Cc1cnn(C)c1. The zero-order valence-electron chi connectivity index (χ0n) is 12.1. The molecule has 2 heterocycles. The molecule has 2 unspecified atom stereocenters. The summed E-state index contributed by atoms with van der Waals surface area (Å²) in [6.45, 7) is 10.2. The van der Waals surface area contributed by atoms with Crippen molar-refractivity contribution in [2.24, 2.45) is 13.0 Å². The van der Waals surface area contributed by atoms with Crippen LogP contribution in [-0.2, 0) is 13.6 Å². The van der Waals surface area contributed by atoms with Gasteiger partial charge in [-0.05, 0) is 12.3 Å². The van der Waals surface area contributed by atoms with Crippen LogP contribution in [0.5, 0.6) is 0 Å². The molecule has 1 saturated heterocycles. The van der Waals surface area contributed by atoms with E-state index in [0.29, 0.717) is 18.0 Å². The predicted molar refractivity (Wildman–Crippen MR) is 74.3 cm³/mol. The fourth-order valence-corrected chi connectivity index (χ4v) is 2.71. The number of hydrogen-bond donors (Lipinski definition) is 1. The van der Waals surface area contributed by atoms with Crippen LogP contribution in [0.2, 0.25) is 0 Å². The molecule has 1 aromatic rings. The maximum atomic E-state index is 4.26. The highest BCUT2D eigenvalue weighted by atomic mass is 15.3. The predicted octanol–water partition coefficient (Wildman–Crippen LogP) is 1.63. The average Bonchev–Trinajstić information content (AvgIpc) is 2.74. The van der Waals surface area contributed by atoms with Gasteiger partial charge in [-0.15, -0.1) is 0 Å². The number of nitrogens with zero attached hydrogens (tertiary/aromatic N) is 3. The molecule has 1 aromatic heterocycles. The average molecular weight is 250 g/mol. The summed E-state index contributed by atoms with van der Waals surface area (Å²) in [5.41, 5.74) is 1.32. The number of aryl methyl sites for hydroxylation is 1. The molecule has 4 nitrogen and oxygen atoms in total. The minimum absolute atomic E-state index is 0.615. The van der Waals surface area contributed by atoms with E-state index >= 15 is 0 Å². The molecule has 0 radical (unpaired) electrons. The van der Waals surface area contributed by atoms with Gasteiger partial charge in [-0.2, -0.15) is 5.10 Å². The van der Waals surface area contributed by atoms with Crippen LogP contribution in [0.3, 0.4) is 0 Å². The normalized spacial score (nSPS) is 25.8. The van der Waals surface area contributed by atoms with Crippen molar-refractivity contribution in [1.82, 2.24) is 20.0 Å². The summed E-state index contributed by atoms with van der Waals surface area (Å²) in [6.07, 6.45) is 5.32. The Labute approximate surface area is 110 Å². The summed E-state index contributed by atoms with van der Waals surface area (Å²) in [6, 6.07) is 1.27. The van der Waals surface area contributed by atoms with Crippen molar-refractivity contribution in [3.8, 4) is 0 Å². The van der Waals surface area contributed by atoms with Gasteiger partial charge in [0.05, 0.1) is 6.20 Å². The Kier molecular flexibility index (Phi) is 4.40. The van der Waals surface area contributed by atoms with Crippen molar-refractivity contribution in [2.45, 2.75) is 45.8 Å². The van der Waals surface area contributed by atoms with Crippen molar-refractivity contribution >= 4 is 0 Å². The van der Waals surface area contributed by atoms with Gasteiger partial charge in [0.25, 0.3) is 0 Å². The van der Waals surface area contributed by atoms with Crippen LogP contribution < -0.4 is 5.32 Å². The van der Waals surface area contributed by atoms with Crippen LogP contribution in [0.4, 0.5) is 0 Å². The first-order valence-corrected chi connectivity index (χ1v) is 7.05. The second kappa shape index (κ2) is 5.85. The van der Waals surface area contributed by atoms with Gasteiger partial charge in [-0.1, -0.05) is 20.8 Å². The molecule has 0 aliphatic carbocycles. The molecule has 0 aromatic carbocycles. The largest absolute Gasteiger partial charge is 0.311 e. The molecule has 1 aliphatic heterocycles. The van der Waals surface area contributed by atoms with E-state index in [2.05, 4.69) is 42.3 Å². The quantitative estimate of drug-likeness (QED) is 0.881. The van der Waals surface area contributed by atoms with Gasteiger partial charge < -0.3 is 5.32 Å². The van der Waals surface area contributed by atoms with Crippen LogP contribution in [-0.4, -0.2) is 39.9 Å². The molecule has 0 saturated carbocycles. The standard InChI is InChI=1S/C14H26N4/c1-5-13-7-15-14(11(2)3)10-18(13)9-12-6-16-17(4)8-12/h6,8,11,13-15H,5,7,9-10H2,1-4H3. The van der Waals surface area contributed by atoms with Gasteiger partial charge >= 0.3 is 0 Å². The minimum Gasteiger partial charge on any atom is -0.311 e. The van der Waals surface area contributed by atoms with Crippen LogP contribution in [0.25, 0.3) is 0 Å². The van der Waals surface area contributed by atoms with Gasteiger partial charge in [0.2, 0.25) is 0 Å². The third-order valence-corrected chi connectivity index (χ3v) is 3.98. The maximum absolute atomic E-state index is 4.26. The van der Waals surface area contributed by atoms with Crippen molar-refractivity contribution in [1.29, 1.82) is 0 Å². The summed E-state index contributed by atoms with van der Waals surface area (Å²) < 4.78 is 1.89. The fraction of sp³-hybridized carbons (Fsp3) is 0.786. The first-order valence-electron chi connectivity index (χ1n) is 7.05. The zero-order valence-corrected chi connectivity index (χ0v) is 12.1. The number of nitrogens with one attached hydrogen (secondary N) is 1. The van der Waals surface area contributed by atoms with Gasteiger partial charge in [-0.3, -0.25) is 9.58 Å². The lowest BCUT2D eigenvalue weighted by Gasteiger charge is -2.41. The van der Waals surface area contributed by atoms with Crippen molar-refractivity contribution in [3.05, 3.63) is 18.0 Å². The highest BCUT2D eigenvalue weighted by Gasteiger charge is 2.28. The monoisotopic (exact) mass is 250 g/mol. The third-order valence-electron chi connectivity index (χ3n) is 3.98. The molecular weight excluding hydrogens is 224 g/mol. The van der Waals surface area contributed by atoms with E-state index in [4.69, 9.17) is 0 Å². The summed E-state index contributed by atoms with van der Waals surface area (Å²) in [5, 5.41) is 7.94. The lowest BCUT2D eigenvalue weighted by atomic mass is 9.98. The van der Waals surface area contributed by atoms with E-state index in [1.165, 1.54) is 12.0 Å². The van der Waals surface area contributed by atoms with Crippen molar-refractivity contribution < 1.29 is 0 Å². The second-order valence-corrected chi connectivity index (χ2v) is 5.77. The highest BCUT2D eigenvalue weighted by molar-refractivity contribution is 5.04. The molecule has 1 fully saturated rings. The van der Waals surface area contributed by atoms with Gasteiger partial charge in [0.15, 0.2) is 0 Å². The number of rotatable bonds is 4. The molecule has 0 bridgehead atoms. The first-order chi connectivity index (χ1) is 8.60. The minimum atomic E-state index is 0.615. The van der Waals surface area contributed by atoms with Crippen LogP contribution in [0.15, 0.2) is 12.4 Å². The van der Waals surface area contributed by atoms with Gasteiger partial charge in [0.1, 0.15) is 0 Å². The molecule has 1 N–H and O–H groups in total. The number of hydrogen-bond acceptors (Lipinski definition) is 3. The molecule has 0 spiro atoms. The zero-order chi connectivity index (χ0) is 13.1. The lowest BCUT2D eigenvalue weighted by Crippen LogP contribution is -2.57. The van der Waals surface area contributed by atoms with Crippen LogP contribution in [0, 0.1) is 5.92 Å². The van der Waals surface area contributed by atoms with Crippen molar-refractivity contribution in [3.63, 3.8) is 0 Å². The van der Waals surface area contributed by atoms with E-state index < -0.39 is 0 Å². The summed E-state index contributed by atoms with van der Waals surface area (Å²) in [7, 11) is 1.98. The molecular formula is C14H26N4. The van der Waals surface area contributed by atoms with Crippen LogP contribution in [0.1, 0.15) is 32.8 Å². The molecule has 2 rings (SSSR count). The van der Waals surface area contributed by atoms with Gasteiger partial charge in [0, 0.05) is 50.5 Å². The Hall–Kier alpha value is -0.870. The van der Waals surface area contributed by atoms with Crippen molar-refractivity contribution in [2.75, 3.05) is 13.1 Å². The maximum Gasteiger partial charge on any atom is 0.0534 e. The first kappa shape index (κ1) is 13.6. The molecule has 0 amide bonds. The fourth-order valence-electron chi connectivity index (χ4n) is 2.71. The molecule has 18 heavy (non-hydrogen) atoms. The second-order valence-electron chi connectivity index (χ2n) is 5.77. The van der Waals surface area contributed by atoms with Crippen LogP contribution >= 0.6 is 0 Å². The summed E-state index contributed by atoms with van der Waals surface area (Å²) >= 11 is 0. The lowest BCUT2D eigenvalue weighted by molar-refractivity contribution is 0.103. The Morgan fingerprint density at radius 2 is 2.28 bits per heavy atom. The van der Waals surface area contributed by atoms with Gasteiger partial charge in [-0.25, -0.2) is 0 Å². The molecule has 2 atom stereocenters. The topological polar surface area (TPSA) is 33.1 Å². The summed E-state index contributed by atoms with van der Waals surface area (Å²) in [5.74, 6) is 0.694. The highest BCUT2D eigenvalue weighted by Crippen LogP contribution is 2.17.